The molecule has 1 unspecified atom stereocenters. The summed E-state index contributed by atoms with van der Waals surface area (Å²) in [6, 6.07) is 23.7. The van der Waals surface area contributed by atoms with Gasteiger partial charge in [-0.3, -0.25) is 5.41 Å². The van der Waals surface area contributed by atoms with Gasteiger partial charge in [-0.05, 0) is 67.3 Å². The number of ketones is 1. The van der Waals surface area contributed by atoms with Gasteiger partial charge in [-0.1, -0.05) is 83.0 Å². The maximum absolute atomic E-state index is 9.81. The number of benzene rings is 3. The highest BCUT2D eigenvalue weighted by Gasteiger charge is 2.13. The average Bonchev–Trinajstić information content (AvgIpc) is 2.96. The van der Waals surface area contributed by atoms with Crippen LogP contribution in [0.4, 0.5) is 5.69 Å². The van der Waals surface area contributed by atoms with Crippen LogP contribution in [-0.2, 0) is 11.3 Å². The summed E-state index contributed by atoms with van der Waals surface area (Å²) in [6.07, 6.45) is 6.51. The predicted molar refractivity (Wildman–Crippen MR) is 165 cm³/mol. The summed E-state index contributed by atoms with van der Waals surface area (Å²) >= 11 is 0. The number of carbonyl (C=O) groups is 1. The Morgan fingerprint density at radius 3 is 2.18 bits per heavy atom. The Balaban J connectivity index is 0.000000976. The van der Waals surface area contributed by atoms with Gasteiger partial charge in [-0.2, -0.15) is 0 Å². The number of rotatable bonds is 14. The van der Waals surface area contributed by atoms with Crippen LogP contribution < -0.4 is 15.8 Å². The molecule has 3 rings (SSSR count). The number of Topliss-reactive ketones (excluding diaryl/α,β-unsaturated/α-hetero) is 1. The van der Waals surface area contributed by atoms with Crippen molar-refractivity contribution in [1.82, 2.24) is 5.32 Å². The maximum atomic E-state index is 9.81. The SMILES string of the molecule is C=C(NCc1ccccc1)c1ccc(N)c(C(=N)c2ccc(OC(CCC)CCCC)cc2)c1.CCC(C)=O. The molecule has 5 heteroatoms. The molecule has 0 bridgehead atoms. The second-order valence-electron chi connectivity index (χ2n) is 9.75. The maximum Gasteiger partial charge on any atom is 0.129 e. The lowest BCUT2D eigenvalue weighted by Crippen LogP contribution is -2.16. The largest absolute Gasteiger partial charge is 0.490 e. The van der Waals surface area contributed by atoms with Crippen LogP contribution in [0, 0.1) is 5.41 Å². The number of nitrogens with one attached hydrogen (secondary N) is 2. The quantitative estimate of drug-likeness (QED) is 0.146. The Morgan fingerprint density at radius 1 is 0.949 bits per heavy atom. The number of carbonyl (C=O) groups excluding carboxylic acids is 1. The van der Waals surface area contributed by atoms with Crippen LogP contribution in [-0.4, -0.2) is 17.6 Å². The Bertz CT molecular complexity index is 1190. The van der Waals surface area contributed by atoms with Gasteiger partial charge >= 0.3 is 0 Å². The predicted octanol–water partition coefficient (Wildman–Crippen LogP) is 8.17. The number of nitrogen functional groups attached to an aromatic ring is 1. The Hall–Kier alpha value is -3.86. The van der Waals surface area contributed by atoms with Crippen molar-refractivity contribution in [2.45, 2.75) is 78.9 Å². The molecule has 3 aromatic carbocycles. The molecular formula is C34H45N3O2. The van der Waals surface area contributed by atoms with Crippen molar-refractivity contribution >= 4 is 22.9 Å². The van der Waals surface area contributed by atoms with E-state index in [0.717, 1.165) is 41.8 Å². The third kappa shape index (κ3) is 10.8. The molecule has 208 valence electrons. The van der Waals surface area contributed by atoms with Gasteiger partial charge in [0.2, 0.25) is 0 Å². The third-order valence-electron chi connectivity index (χ3n) is 6.45. The fraction of sp³-hybridized carbons (Fsp3) is 0.353. The lowest BCUT2D eigenvalue weighted by molar-refractivity contribution is -0.116. The fourth-order valence-electron chi connectivity index (χ4n) is 3.93. The number of nitrogens with two attached hydrogens (primary N) is 1. The first-order valence-electron chi connectivity index (χ1n) is 14.0. The summed E-state index contributed by atoms with van der Waals surface area (Å²) in [6.45, 7) is 12.7. The molecule has 4 N–H and O–H groups in total. The van der Waals surface area contributed by atoms with Crippen molar-refractivity contribution in [2.24, 2.45) is 0 Å². The van der Waals surface area contributed by atoms with Crippen molar-refractivity contribution in [2.75, 3.05) is 5.73 Å². The Kier molecular flexibility index (Phi) is 13.6. The first-order valence-corrected chi connectivity index (χ1v) is 14.0. The molecule has 0 aliphatic rings. The zero-order valence-corrected chi connectivity index (χ0v) is 24.1. The smallest absolute Gasteiger partial charge is 0.129 e. The van der Waals surface area contributed by atoms with Crippen molar-refractivity contribution in [3.05, 3.63) is 102 Å². The first-order chi connectivity index (χ1) is 18.8. The van der Waals surface area contributed by atoms with E-state index in [-0.39, 0.29) is 11.9 Å². The number of unbranched alkanes of at least 4 members (excludes halogenated alkanes) is 1. The molecule has 39 heavy (non-hydrogen) atoms. The van der Waals surface area contributed by atoms with Crippen LogP contribution in [0.3, 0.4) is 0 Å². The number of hydrogen-bond acceptors (Lipinski definition) is 5. The molecule has 0 aromatic heterocycles. The normalized spacial score (nSPS) is 11.1. The molecule has 0 fully saturated rings. The molecule has 0 radical (unpaired) electrons. The molecule has 0 saturated heterocycles. The minimum Gasteiger partial charge on any atom is -0.490 e. The van der Waals surface area contributed by atoms with Crippen molar-refractivity contribution in [3.8, 4) is 5.75 Å². The molecule has 0 aliphatic heterocycles. The molecule has 1 atom stereocenters. The fourth-order valence-corrected chi connectivity index (χ4v) is 3.93. The minimum absolute atomic E-state index is 0.247. The van der Waals surface area contributed by atoms with E-state index in [9.17, 15) is 4.79 Å². The highest BCUT2D eigenvalue weighted by Crippen LogP contribution is 2.24. The summed E-state index contributed by atoms with van der Waals surface area (Å²) < 4.78 is 6.22. The highest BCUT2D eigenvalue weighted by molar-refractivity contribution is 6.14. The van der Waals surface area contributed by atoms with Gasteiger partial charge in [-0.25, -0.2) is 0 Å². The van der Waals surface area contributed by atoms with Gasteiger partial charge in [0.25, 0.3) is 0 Å². The summed E-state index contributed by atoms with van der Waals surface area (Å²) in [5.74, 6) is 1.11. The molecule has 0 aliphatic carbocycles. The van der Waals surface area contributed by atoms with Crippen LogP contribution in [0.1, 0.15) is 88.5 Å². The molecule has 0 heterocycles. The van der Waals surface area contributed by atoms with Crippen molar-refractivity contribution in [1.29, 1.82) is 5.41 Å². The first kappa shape index (κ1) is 31.4. The van der Waals surface area contributed by atoms with Gasteiger partial charge < -0.3 is 20.6 Å². The Morgan fingerprint density at radius 2 is 1.59 bits per heavy atom. The second-order valence-corrected chi connectivity index (χ2v) is 9.75. The minimum atomic E-state index is 0.247. The lowest BCUT2D eigenvalue weighted by Gasteiger charge is -2.19. The van der Waals surface area contributed by atoms with E-state index >= 15 is 0 Å². The van der Waals surface area contributed by atoms with Gasteiger partial charge in [0.1, 0.15) is 11.5 Å². The summed E-state index contributed by atoms with van der Waals surface area (Å²) in [7, 11) is 0. The molecule has 0 amide bonds. The number of hydrogen-bond donors (Lipinski definition) is 3. The average molecular weight is 528 g/mol. The second kappa shape index (κ2) is 16.9. The van der Waals surface area contributed by atoms with E-state index in [1.54, 1.807) is 6.92 Å². The summed E-state index contributed by atoms with van der Waals surface area (Å²) in [4.78, 5) is 9.81. The van der Waals surface area contributed by atoms with Gasteiger partial charge in [0.15, 0.2) is 0 Å². The summed E-state index contributed by atoms with van der Waals surface area (Å²) in [5, 5.41) is 12.2. The molecule has 3 aromatic rings. The van der Waals surface area contributed by atoms with E-state index < -0.39 is 0 Å². The van der Waals surface area contributed by atoms with Crippen LogP contribution >= 0.6 is 0 Å². The van der Waals surface area contributed by atoms with E-state index in [4.69, 9.17) is 15.9 Å². The highest BCUT2D eigenvalue weighted by atomic mass is 16.5. The zero-order valence-electron chi connectivity index (χ0n) is 24.1. The Labute approximate surface area is 235 Å². The zero-order chi connectivity index (χ0) is 28.6. The van der Waals surface area contributed by atoms with Crippen LogP contribution in [0.2, 0.25) is 0 Å². The van der Waals surface area contributed by atoms with E-state index in [2.05, 4.69) is 37.9 Å². The number of anilines is 1. The van der Waals surface area contributed by atoms with Crippen molar-refractivity contribution in [3.63, 3.8) is 0 Å². The molecular weight excluding hydrogens is 482 g/mol. The molecule has 0 saturated carbocycles. The van der Waals surface area contributed by atoms with E-state index in [1.165, 1.54) is 18.4 Å². The van der Waals surface area contributed by atoms with Gasteiger partial charge in [-0.15, -0.1) is 0 Å². The monoisotopic (exact) mass is 527 g/mol. The lowest BCUT2D eigenvalue weighted by atomic mass is 9.98. The van der Waals surface area contributed by atoms with Crippen LogP contribution in [0.5, 0.6) is 5.75 Å². The van der Waals surface area contributed by atoms with E-state index in [0.29, 0.717) is 29.9 Å². The summed E-state index contributed by atoms with van der Waals surface area (Å²) in [5.41, 5.74) is 11.6. The van der Waals surface area contributed by atoms with Crippen molar-refractivity contribution < 1.29 is 9.53 Å². The third-order valence-corrected chi connectivity index (χ3v) is 6.45. The topological polar surface area (TPSA) is 88.2 Å². The standard InChI is InChI=1S/C30H37N3O.C4H8O/c1-4-6-13-26(10-5-2)34-27-17-14-24(15-18-27)30(32)28-20-25(16-19-29(28)31)22(3)33-21-23-11-8-7-9-12-23;1-3-4(2)5/h7-9,11-12,14-20,26,32-33H,3-6,10,13,21,31H2,1-2H3;3H2,1-2H3. The molecule has 5 nitrogen and oxygen atoms in total. The van der Waals surface area contributed by atoms with Gasteiger partial charge in [0, 0.05) is 35.5 Å². The van der Waals surface area contributed by atoms with Crippen LogP contribution in [0.25, 0.3) is 5.70 Å². The van der Waals surface area contributed by atoms with Gasteiger partial charge in [0.05, 0.1) is 11.8 Å². The van der Waals surface area contributed by atoms with E-state index in [1.807, 2.05) is 67.6 Å². The number of ether oxygens (including phenoxy) is 1. The van der Waals surface area contributed by atoms with Crippen LogP contribution in [0.15, 0.2) is 79.4 Å². The molecule has 0 spiro atoms.